The van der Waals surface area contributed by atoms with Gasteiger partial charge in [0.2, 0.25) is 0 Å². The van der Waals surface area contributed by atoms with E-state index in [1.54, 1.807) is 6.08 Å². The van der Waals surface area contributed by atoms with Crippen molar-refractivity contribution in [2.75, 3.05) is 26.3 Å². The summed E-state index contributed by atoms with van der Waals surface area (Å²) in [6.07, 6.45) is 3.03. The van der Waals surface area contributed by atoms with E-state index in [0.29, 0.717) is 10.8 Å². The maximum Gasteiger partial charge on any atom is 0.418 e. The molecule has 1 aromatic rings. The molecule has 3 rings (SSSR count). The Labute approximate surface area is 147 Å². The number of rotatable bonds is 7. The summed E-state index contributed by atoms with van der Waals surface area (Å²) in [5.41, 5.74) is 2.65. The first kappa shape index (κ1) is 18.3. The lowest BCUT2D eigenvalue weighted by Crippen LogP contribution is -2.35. The number of fused-ring (bicyclic) bond motifs is 2. The van der Waals surface area contributed by atoms with Gasteiger partial charge >= 0.3 is 16.4 Å². The summed E-state index contributed by atoms with van der Waals surface area (Å²) in [5.74, 6) is -0.621. The molecule has 0 aliphatic carbocycles. The van der Waals surface area contributed by atoms with Gasteiger partial charge in [0.05, 0.1) is 25.5 Å². The molecule has 1 unspecified atom stereocenters. The fourth-order valence-corrected chi connectivity index (χ4v) is 2.92. The van der Waals surface area contributed by atoms with Gasteiger partial charge in [0.1, 0.15) is 6.04 Å². The fourth-order valence-electron chi connectivity index (χ4n) is 2.54. The summed E-state index contributed by atoms with van der Waals surface area (Å²) in [6, 6.07) is -0.0533. The third-order valence-electron chi connectivity index (χ3n) is 3.55. The van der Waals surface area contributed by atoms with Gasteiger partial charge in [-0.2, -0.15) is 18.6 Å². The first-order valence-electron chi connectivity index (χ1n) is 7.33. The average molecular weight is 389 g/mol. The van der Waals surface area contributed by atoms with E-state index < -0.39 is 28.4 Å². The minimum Gasteiger partial charge on any atom is -0.394 e. The Morgan fingerprint density at radius 2 is 2.23 bits per heavy atom. The van der Waals surface area contributed by atoms with E-state index in [1.807, 2.05) is 0 Å². The Morgan fingerprint density at radius 3 is 2.92 bits per heavy atom. The highest BCUT2D eigenvalue weighted by molar-refractivity contribution is 7.80. The zero-order chi connectivity index (χ0) is 18.9. The van der Waals surface area contributed by atoms with Gasteiger partial charge < -0.3 is 10.0 Å². The lowest BCUT2D eigenvalue weighted by molar-refractivity contribution is -0.0183. The average Bonchev–Trinajstić information content (AvgIpc) is 3.14. The summed E-state index contributed by atoms with van der Waals surface area (Å²) < 4.78 is 36.2. The van der Waals surface area contributed by atoms with Crippen LogP contribution < -0.4 is 5.48 Å². The number of hydrogen-bond acceptors (Lipinski definition) is 8. The smallest absolute Gasteiger partial charge is 0.394 e. The second-order valence-electron chi connectivity index (χ2n) is 5.37. The molecule has 3 heterocycles. The van der Waals surface area contributed by atoms with E-state index in [4.69, 9.17) is 14.5 Å². The van der Waals surface area contributed by atoms with Crippen LogP contribution in [0.2, 0.25) is 0 Å². The highest BCUT2D eigenvalue weighted by Gasteiger charge is 2.43. The van der Waals surface area contributed by atoms with Crippen LogP contribution in [-0.2, 0) is 19.5 Å². The zero-order valence-corrected chi connectivity index (χ0v) is 14.0. The van der Waals surface area contributed by atoms with Crippen molar-refractivity contribution in [1.29, 1.82) is 0 Å². The van der Waals surface area contributed by atoms with Gasteiger partial charge in [-0.1, -0.05) is 0 Å². The van der Waals surface area contributed by atoms with Crippen LogP contribution in [0.25, 0.3) is 5.70 Å². The van der Waals surface area contributed by atoms with Crippen molar-refractivity contribution in [3.8, 4) is 0 Å². The van der Waals surface area contributed by atoms with Gasteiger partial charge in [-0.05, 0) is 12.1 Å². The molecule has 1 aromatic heterocycles. The molecule has 2 aliphatic rings. The molecule has 0 spiro atoms. The molecule has 13 nitrogen and oxygen atoms in total. The van der Waals surface area contributed by atoms with Crippen LogP contribution >= 0.6 is 0 Å². The molecule has 0 saturated carbocycles. The monoisotopic (exact) mass is 389 g/mol. The van der Waals surface area contributed by atoms with Crippen LogP contribution in [0.3, 0.4) is 0 Å². The molecular formula is C12H15N5O8S. The van der Waals surface area contributed by atoms with Crippen molar-refractivity contribution in [3.63, 3.8) is 0 Å². The number of hydroxylamine groups is 3. The third-order valence-corrected chi connectivity index (χ3v) is 3.90. The number of urea groups is 1. The molecule has 1 atom stereocenters. The lowest BCUT2D eigenvalue weighted by atomic mass is 10.2. The number of aliphatic hydroxyl groups excluding tert-OH is 1. The number of carbonyl (C=O) groups is 2. The van der Waals surface area contributed by atoms with E-state index in [2.05, 4.69) is 14.9 Å². The number of carbonyl (C=O) groups excluding carboxylic acids is 2. The van der Waals surface area contributed by atoms with E-state index >= 15 is 0 Å². The first-order valence-corrected chi connectivity index (χ1v) is 8.70. The minimum absolute atomic E-state index is 0.0362. The molecule has 26 heavy (non-hydrogen) atoms. The number of amides is 3. The van der Waals surface area contributed by atoms with Gasteiger partial charge in [-0.3, -0.25) is 14.2 Å². The van der Waals surface area contributed by atoms with E-state index in [9.17, 15) is 18.0 Å². The highest BCUT2D eigenvalue weighted by Crippen LogP contribution is 2.27. The molecule has 14 heteroatoms. The predicted octanol–water partition coefficient (Wildman–Crippen LogP) is -1.77. The Morgan fingerprint density at radius 1 is 1.46 bits per heavy atom. The number of aliphatic hydroxyl groups is 1. The summed E-state index contributed by atoms with van der Waals surface area (Å²) >= 11 is 0. The Kier molecular flexibility index (Phi) is 4.92. The maximum atomic E-state index is 12.1. The number of nitrogens with one attached hydrogen (secondary N) is 1. The zero-order valence-electron chi connectivity index (χ0n) is 13.2. The van der Waals surface area contributed by atoms with Gasteiger partial charge in [0.15, 0.2) is 5.69 Å². The third kappa shape index (κ3) is 3.83. The Bertz CT molecular complexity index is 850. The van der Waals surface area contributed by atoms with Crippen molar-refractivity contribution >= 4 is 28.0 Å². The standard InChI is InChI=1S/C12H15N5O8S/c18-3-4-24-14-11(19)10-1-2-16(13-10)8-5-9-7-15(6-8)12(20)17(9)25-26(21,22)23/h1-2,5,9,18H,3-4,6-7H2,(H,14,19)(H,21,22,23). The van der Waals surface area contributed by atoms with Crippen molar-refractivity contribution in [1.82, 2.24) is 25.2 Å². The number of nitrogens with zero attached hydrogens (tertiary/aromatic N) is 4. The molecule has 142 valence electrons. The minimum atomic E-state index is -4.84. The van der Waals surface area contributed by atoms with Crippen LogP contribution in [0.5, 0.6) is 0 Å². The van der Waals surface area contributed by atoms with Gasteiger partial charge in [-0.15, -0.1) is 4.28 Å². The lowest BCUT2D eigenvalue weighted by Gasteiger charge is -2.20. The number of aromatic nitrogens is 2. The molecule has 0 radical (unpaired) electrons. The molecular weight excluding hydrogens is 374 g/mol. The van der Waals surface area contributed by atoms with Crippen molar-refractivity contribution in [2.45, 2.75) is 6.04 Å². The highest BCUT2D eigenvalue weighted by atomic mass is 32.3. The summed E-state index contributed by atoms with van der Waals surface area (Å²) in [4.78, 5) is 29.9. The van der Waals surface area contributed by atoms with Gasteiger partial charge in [0, 0.05) is 12.7 Å². The molecule has 3 amide bonds. The second kappa shape index (κ2) is 7.00. The van der Waals surface area contributed by atoms with Crippen molar-refractivity contribution in [2.24, 2.45) is 0 Å². The number of hydrogen-bond donors (Lipinski definition) is 3. The Balaban J connectivity index is 1.74. The van der Waals surface area contributed by atoms with Gasteiger partial charge in [0.25, 0.3) is 5.91 Å². The van der Waals surface area contributed by atoms with Crippen LogP contribution in [0.4, 0.5) is 4.79 Å². The van der Waals surface area contributed by atoms with Crippen molar-refractivity contribution in [3.05, 3.63) is 24.0 Å². The maximum absolute atomic E-state index is 12.1. The largest absolute Gasteiger partial charge is 0.418 e. The summed E-state index contributed by atoms with van der Waals surface area (Å²) in [7, 11) is -4.84. The normalized spacial score (nSPS) is 19.7. The van der Waals surface area contributed by atoms with Crippen LogP contribution in [0.15, 0.2) is 18.3 Å². The topological polar surface area (TPSA) is 164 Å². The second-order valence-corrected chi connectivity index (χ2v) is 6.37. The first-order chi connectivity index (χ1) is 12.3. The van der Waals surface area contributed by atoms with E-state index in [0.717, 1.165) is 0 Å². The van der Waals surface area contributed by atoms with E-state index in [1.165, 1.54) is 21.8 Å². The molecule has 1 fully saturated rings. The predicted molar refractivity (Wildman–Crippen MR) is 82.2 cm³/mol. The van der Waals surface area contributed by atoms with Crippen molar-refractivity contribution < 1.29 is 36.8 Å². The quantitative estimate of drug-likeness (QED) is 0.278. The van der Waals surface area contributed by atoms with Crippen LogP contribution in [0, 0.1) is 0 Å². The van der Waals surface area contributed by atoms with Crippen LogP contribution in [0.1, 0.15) is 10.5 Å². The fraction of sp³-hybridized carbons (Fsp3) is 0.417. The molecule has 3 N–H and O–H groups in total. The molecule has 2 bridgehead atoms. The summed E-state index contributed by atoms with van der Waals surface area (Å²) in [5, 5.41) is 13.2. The van der Waals surface area contributed by atoms with E-state index in [-0.39, 0.29) is 32.0 Å². The SMILES string of the molecule is O=C(NOCCO)c1ccn(C2=CC3CN(C2)C(=O)N3OS(=O)(=O)O)n1. The summed E-state index contributed by atoms with van der Waals surface area (Å²) in [6.45, 7) is -0.0408. The molecule has 1 saturated heterocycles. The molecule has 2 aliphatic heterocycles. The Hall–Kier alpha value is -2.52. The van der Waals surface area contributed by atoms with Gasteiger partial charge in [-0.25, -0.2) is 15.0 Å². The molecule has 0 aromatic carbocycles. The van der Waals surface area contributed by atoms with Crippen LogP contribution in [-0.4, -0.2) is 82.1 Å².